The number of likely N-dealkylation sites (N-methyl/N-ethyl adjacent to an activating group) is 1. The predicted molar refractivity (Wildman–Crippen MR) is 124 cm³/mol. The Labute approximate surface area is 178 Å². The van der Waals surface area contributed by atoms with Crippen LogP contribution in [0.2, 0.25) is 0 Å². The first-order valence-corrected chi connectivity index (χ1v) is 9.19. The van der Waals surface area contributed by atoms with Gasteiger partial charge in [-0.3, -0.25) is 0 Å². The maximum atomic E-state index is 6.09. The summed E-state index contributed by atoms with van der Waals surface area (Å²) in [4.78, 5) is 13.8. The van der Waals surface area contributed by atoms with Gasteiger partial charge in [0.25, 0.3) is 0 Å². The molecule has 146 valence electrons. The predicted octanol–water partition coefficient (Wildman–Crippen LogP) is 2.94. The first-order valence-electron chi connectivity index (χ1n) is 9.19. The van der Waals surface area contributed by atoms with E-state index in [1.54, 1.807) is 0 Å². The van der Waals surface area contributed by atoms with Gasteiger partial charge in [0.15, 0.2) is 5.96 Å². The van der Waals surface area contributed by atoms with Crippen LogP contribution in [0.1, 0.15) is 18.1 Å². The van der Waals surface area contributed by atoms with E-state index in [9.17, 15) is 0 Å². The lowest BCUT2D eigenvalue weighted by Gasteiger charge is -2.34. The van der Waals surface area contributed by atoms with Crippen LogP contribution in [0, 0.1) is 0 Å². The summed E-state index contributed by atoms with van der Waals surface area (Å²) >= 11 is 0. The Morgan fingerprint density at radius 1 is 1.19 bits per heavy atom. The van der Waals surface area contributed by atoms with E-state index in [2.05, 4.69) is 57.3 Å². The number of anilines is 2. The van der Waals surface area contributed by atoms with Crippen LogP contribution in [-0.2, 0) is 13.0 Å². The minimum absolute atomic E-state index is 0. The van der Waals surface area contributed by atoms with Crippen LogP contribution in [0.25, 0.3) is 0 Å². The highest BCUT2D eigenvalue weighted by atomic mass is 127. The highest BCUT2D eigenvalue weighted by molar-refractivity contribution is 14.0. The van der Waals surface area contributed by atoms with Crippen molar-refractivity contribution in [2.75, 3.05) is 43.4 Å². The zero-order valence-corrected chi connectivity index (χ0v) is 18.4. The summed E-state index contributed by atoms with van der Waals surface area (Å²) in [6, 6.07) is 12.3. The summed E-state index contributed by atoms with van der Waals surface area (Å²) in [5.41, 5.74) is 9.43. The van der Waals surface area contributed by atoms with Crippen LogP contribution in [0.3, 0.4) is 0 Å². The van der Waals surface area contributed by atoms with Gasteiger partial charge >= 0.3 is 0 Å². The number of benzene rings is 1. The molecule has 3 N–H and O–H groups in total. The minimum Gasteiger partial charge on any atom is -0.370 e. The molecule has 27 heavy (non-hydrogen) atoms. The second-order valence-electron chi connectivity index (χ2n) is 6.66. The number of pyridine rings is 1. The van der Waals surface area contributed by atoms with Crippen molar-refractivity contribution in [3.8, 4) is 0 Å². The van der Waals surface area contributed by atoms with E-state index in [1.807, 2.05) is 24.4 Å². The topological polar surface area (TPSA) is 69.8 Å². The number of nitrogens with zero attached hydrogens (tertiary/aromatic N) is 4. The van der Waals surface area contributed by atoms with Gasteiger partial charge in [-0.25, -0.2) is 9.98 Å². The van der Waals surface area contributed by atoms with Gasteiger partial charge in [0.1, 0.15) is 5.82 Å². The molecular weight excluding hydrogens is 451 g/mol. The van der Waals surface area contributed by atoms with Gasteiger partial charge in [0.2, 0.25) is 0 Å². The molecule has 1 fully saturated rings. The van der Waals surface area contributed by atoms with Gasteiger partial charge in [-0.05, 0) is 37.2 Å². The number of guanidine groups is 1. The van der Waals surface area contributed by atoms with Crippen molar-refractivity contribution < 1.29 is 0 Å². The highest BCUT2D eigenvalue weighted by Crippen LogP contribution is 2.19. The van der Waals surface area contributed by atoms with Gasteiger partial charge in [-0.1, -0.05) is 25.1 Å². The molecule has 0 aliphatic carbocycles. The number of hydrogen-bond donors (Lipinski definition) is 2. The van der Waals surface area contributed by atoms with Crippen LogP contribution >= 0.6 is 24.0 Å². The molecule has 1 aliphatic heterocycles. The maximum Gasteiger partial charge on any atom is 0.193 e. The summed E-state index contributed by atoms with van der Waals surface area (Å²) in [5, 5.41) is 3.18. The monoisotopic (exact) mass is 480 g/mol. The molecule has 0 amide bonds. The normalized spacial score (nSPS) is 15.3. The van der Waals surface area contributed by atoms with Gasteiger partial charge in [-0.2, -0.15) is 0 Å². The Hall–Kier alpha value is -1.87. The summed E-state index contributed by atoms with van der Waals surface area (Å²) in [5.74, 6) is 1.44. The zero-order chi connectivity index (χ0) is 18.4. The molecule has 0 spiro atoms. The number of aryl methyl sites for hydroxylation is 1. The van der Waals surface area contributed by atoms with Crippen LogP contribution in [0.15, 0.2) is 47.6 Å². The summed E-state index contributed by atoms with van der Waals surface area (Å²) < 4.78 is 0. The lowest BCUT2D eigenvalue weighted by atomic mass is 10.1. The molecule has 2 aromatic rings. The Morgan fingerprint density at radius 3 is 2.70 bits per heavy atom. The Kier molecular flexibility index (Phi) is 8.30. The number of aliphatic imine (C=N–C) groups is 1. The lowest BCUT2D eigenvalue weighted by molar-refractivity contribution is 0.312. The fourth-order valence-corrected chi connectivity index (χ4v) is 3.08. The molecule has 1 aliphatic rings. The first-order chi connectivity index (χ1) is 12.7. The molecule has 0 saturated carbocycles. The zero-order valence-electron chi connectivity index (χ0n) is 16.1. The Balaban J connectivity index is 0.00000261. The highest BCUT2D eigenvalue weighted by Gasteiger charge is 2.17. The SMILES string of the molecule is CCc1cccc(NC(N)=NCc2cccnc2N2CCN(C)CC2)c1.I. The molecule has 6 nitrogen and oxygen atoms in total. The molecule has 0 bridgehead atoms. The molecule has 3 rings (SSSR count). The van der Waals surface area contributed by atoms with E-state index < -0.39 is 0 Å². The Bertz CT molecular complexity index is 756. The number of aromatic nitrogens is 1. The van der Waals surface area contributed by atoms with Crippen molar-refractivity contribution >= 4 is 41.4 Å². The molecule has 1 aromatic carbocycles. The summed E-state index contributed by atoms with van der Waals surface area (Å²) in [7, 11) is 2.15. The minimum atomic E-state index is 0. The number of rotatable bonds is 5. The van der Waals surface area contributed by atoms with Gasteiger partial charge < -0.3 is 20.9 Å². The van der Waals surface area contributed by atoms with Crippen molar-refractivity contribution in [2.45, 2.75) is 19.9 Å². The Morgan fingerprint density at radius 2 is 1.96 bits per heavy atom. The molecule has 2 heterocycles. The smallest absolute Gasteiger partial charge is 0.193 e. The average Bonchev–Trinajstić information content (AvgIpc) is 2.67. The van der Waals surface area contributed by atoms with Crippen LogP contribution in [-0.4, -0.2) is 49.1 Å². The standard InChI is InChI=1S/C20H28N6.HI/c1-3-16-6-4-8-18(14-16)24-20(21)23-15-17-7-5-9-22-19(17)26-12-10-25(2)11-13-26;/h4-9,14H,3,10-13,15H2,1-2H3,(H3,21,23,24);1H. The number of nitrogens with two attached hydrogens (primary N) is 1. The van der Waals surface area contributed by atoms with E-state index in [0.29, 0.717) is 12.5 Å². The summed E-state index contributed by atoms with van der Waals surface area (Å²) in [6.45, 7) is 6.73. The number of hydrogen-bond acceptors (Lipinski definition) is 4. The van der Waals surface area contributed by atoms with E-state index in [1.165, 1.54) is 5.56 Å². The van der Waals surface area contributed by atoms with Gasteiger partial charge in [-0.15, -0.1) is 24.0 Å². The lowest BCUT2D eigenvalue weighted by Crippen LogP contribution is -2.45. The second kappa shape index (κ2) is 10.5. The third-order valence-electron chi connectivity index (χ3n) is 4.70. The van der Waals surface area contributed by atoms with Crippen LogP contribution in [0.5, 0.6) is 0 Å². The van der Waals surface area contributed by atoms with E-state index in [4.69, 9.17) is 5.73 Å². The quantitative estimate of drug-likeness (QED) is 0.392. The molecule has 1 saturated heterocycles. The fraction of sp³-hybridized carbons (Fsp3) is 0.400. The van der Waals surface area contributed by atoms with Crippen LogP contribution in [0.4, 0.5) is 11.5 Å². The van der Waals surface area contributed by atoms with Crippen LogP contribution < -0.4 is 16.0 Å². The number of halogens is 1. The molecule has 0 unspecified atom stereocenters. The van der Waals surface area contributed by atoms with Crippen molar-refractivity contribution in [1.82, 2.24) is 9.88 Å². The van der Waals surface area contributed by atoms with Crippen molar-refractivity contribution in [3.05, 3.63) is 53.7 Å². The van der Waals surface area contributed by atoms with E-state index in [0.717, 1.165) is 49.7 Å². The van der Waals surface area contributed by atoms with E-state index >= 15 is 0 Å². The fourth-order valence-electron chi connectivity index (χ4n) is 3.08. The molecule has 7 heteroatoms. The number of piperazine rings is 1. The molecule has 1 aromatic heterocycles. The molecular formula is C20H29IN6. The van der Waals surface area contributed by atoms with Crippen molar-refractivity contribution in [2.24, 2.45) is 10.7 Å². The number of nitrogens with one attached hydrogen (secondary N) is 1. The van der Waals surface area contributed by atoms with Gasteiger partial charge in [0.05, 0.1) is 6.54 Å². The third kappa shape index (κ3) is 6.07. The largest absolute Gasteiger partial charge is 0.370 e. The molecule has 0 atom stereocenters. The van der Waals surface area contributed by atoms with Crippen molar-refractivity contribution in [3.63, 3.8) is 0 Å². The maximum absolute atomic E-state index is 6.09. The first kappa shape index (κ1) is 21.4. The van der Waals surface area contributed by atoms with E-state index in [-0.39, 0.29) is 24.0 Å². The third-order valence-corrected chi connectivity index (χ3v) is 4.70. The molecule has 0 radical (unpaired) electrons. The summed E-state index contributed by atoms with van der Waals surface area (Å²) in [6.07, 6.45) is 2.84. The van der Waals surface area contributed by atoms with Gasteiger partial charge in [0, 0.05) is 43.6 Å². The average molecular weight is 480 g/mol. The second-order valence-corrected chi connectivity index (χ2v) is 6.66. The van der Waals surface area contributed by atoms with Crippen molar-refractivity contribution in [1.29, 1.82) is 0 Å².